The van der Waals surface area contributed by atoms with Gasteiger partial charge in [-0.15, -0.1) is 11.3 Å². The lowest BCUT2D eigenvalue weighted by Gasteiger charge is -2.33. The fourth-order valence-electron chi connectivity index (χ4n) is 3.36. The molecule has 0 aliphatic carbocycles. The summed E-state index contributed by atoms with van der Waals surface area (Å²) in [5.41, 5.74) is 1.06. The predicted molar refractivity (Wildman–Crippen MR) is 110 cm³/mol. The molecule has 1 N–H and O–H groups in total. The van der Waals surface area contributed by atoms with E-state index in [2.05, 4.69) is 23.7 Å². The lowest BCUT2D eigenvalue weighted by Crippen LogP contribution is -2.52. The second-order valence-corrected chi connectivity index (χ2v) is 8.10. The molecule has 1 saturated heterocycles. The smallest absolute Gasteiger partial charge is 0.237 e. The number of nitrogens with one attached hydrogen (secondary N) is 1. The number of rotatable bonds is 8. The standard InChI is InChI=1S/C21H27N3O3S/c1-16(12-19-4-3-11-28-19)24(13-17-5-7-18(27-2)8-6-17)21(26)15-23-10-9-22-20(25)14-23/h3-8,11,16H,9-10,12-15H2,1-2H3,(H,22,25)/t16-/m1/s1. The molecule has 0 spiro atoms. The topological polar surface area (TPSA) is 61.9 Å². The van der Waals surface area contributed by atoms with Crippen molar-refractivity contribution < 1.29 is 14.3 Å². The Morgan fingerprint density at radius 1 is 1.32 bits per heavy atom. The second-order valence-electron chi connectivity index (χ2n) is 7.06. The molecule has 2 amide bonds. The zero-order valence-corrected chi connectivity index (χ0v) is 17.2. The van der Waals surface area contributed by atoms with Crippen LogP contribution in [0, 0.1) is 0 Å². The minimum atomic E-state index is -0.0209. The summed E-state index contributed by atoms with van der Waals surface area (Å²) in [6.07, 6.45) is 0.819. The molecule has 7 heteroatoms. The zero-order valence-electron chi connectivity index (χ0n) is 16.4. The summed E-state index contributed by atoms with van der Waals surface area (Å²) in [6, 6.07) is 12.0. The fourth-order valence-corrected chi connectivity index (χ4v) is 4.18. The minimum absolute atomic E-state index is 0.0209. The van der Waals surface area contributed by atoms with Crippen LogP contribution in [0.25, 0.3) is 0 Å². The van der Waals surface area contributed by atoms with Crippen molar-refractivity contribution in [3.63, 3.8) is 0 Å². The number of amides is 2. The number of carbonyl (C=O) groups is 2. The van der Waals surface area contributed by atoms with Gasteiger partial charge in [0.15, 0.2) is 0 Å². The van der Waals surface area contributed by atoms with Crippen molar-refractivity contribution in [1.29, 1.82) is 0 Å². The van der Waals surface area contributed by atoms with Gasteiger partial charge in [0.05, 0.1) is 20.2 Å². The highest BCUT2D eigenvalue weighted by atomic mass is 32.1. The number of hydrogen-bond donors (Lipinski definition) is 1. The van der Waals surface area contributed by atoms with Gasteiger partial charge in [0, 0.05) is 37.0 Å². The lowest BCUT2D eigenvalue weighted by atomic mass is 10.1. The van der Waals surface area contributed by atoms with E-state index >= 15 is 0 Å². The van der Waals surface area contributed by atoms with Crippen LogP contribution in [0.3, 0.4) is 0 Å². The van der Waals surface area contributed by atoms with Crippen LogP contribution >= 0.6 is 11.3 Å². The molecule has 0 saturated carbocycles. The largest absolute Gasteiger partial charge is 0.497 e. The molecule has 28 heavy (non-hydrogen) atoms. The van der Waals surface area contributed by atoms with Gasteiger partial charge in [0.1, 0.15) is 5.75 Å². The maximum Gasteiger partial charge on any atom is 0.237 e. The molecule has 150 valence electrons. The van der Waals surface area contributed by atoms with Gasteiger partial charge in [-0.3, -0.25) is 14.5 Å². The summed E-state index contributed by atoms with van der Waals surface area (Å²) >= 11 is 1.71. The van der Waals surface area contributed by atoms with Gasteiger partial charge in [-0.2, -0.15) is 0 Å². The monoisotopic (exact) mass is 401 g/mol. The third kappa shape index (κ3) is 5.56. The first-order chi connectivity index (χ1) is 13.5. The first kappa shape index (κ1) is 20.4. The molecule has 3 rings (SSSR count). The molecular formula is C21H27N3O3S. The highest BCUT2D eigenvalue weighted by Gasteiger charge is 2.25. The average Bonchev–Trinajstić information content (AvgIpc) is 3.19. The predicted octanol–water partition coefficient (Wildman–Crippen LogP) is 2.15. The number of nitrogens with zero attached hydrogens (tertiary/aromatic N) is 2. The third-order valence-electron chi connectivity index (χ3n) is 4.92. The molecule has 2 heterocycles. The molecule has 6 nitrogen and oxygen atoms in total. The Labute approximate surface area is 170 Å². The molecule has 1 aliphatic rings. The molecule has 0 bridgehead atoms. The van der Waals surface area contributed by atoms with E-state index in [0.717, 1.165) is 17.7 Å². The molecule has 1 atom stereocenters. The summed E-state index contributed by atoms with van der Waals surface area (Å²) in [4.78, 5) is 29.9. The van der Waals surface area contributed by atoms with Crippen LogP contribution in [0.5, 0.6) is 5.75 Å². The van der Waals surface area contributed by atoms with Gasteiger partial charge < -0.3 is 15.0 Å². The van der Waals surface area contributed by atoms with Crippen molar-refractivity contribution in [2.75, 3.05) is 33.3 Å². The van der Waals surface area contributed by atoms with Crippen LogP contribution in [0.15, 0.2) is 41.8 Å². The van der Waals surface area contributed by atoms with E-state index in [4.69, 9.17) is 4.74 Å². The second kappa shape index (κ2) is 9.71. The highest BCUT2D eigenvalue weighted by Crippen LogP contribution is 2.19. The average molecular weight is 402 g/mol. The van der Waals surface area contributed by atoms with Crippen molar-refractivity contribution in [2.45, 2.75) is 25.9 Å². The molecule has 0 radical (unpaired) electrons. The number of piperazine rings is 1. The third-order valence-corrected chi connectivity index (χ3v) is 5.82. The van der Waals surface area contributed by atoms with E-state index in [0.29, 0.717) is 19.6 Å². The van der Waals surface area contributed by atoms with Crippen molar-refractivity contribution >= 4 is 23.2 Å². The summed E-state index contributed by atoms with van der Waals surface area (Å²) in [6.45, 7) is 4.46. The lowest BCUT2D eigenvalue weighted by molar-refractivity contribution is -0.136. The fraction of sp³-hybridized carbons (Fsp3) is 0.429. The van der Waals surface area contributed by atoms with Gasteiger partial charge in [-0.25, -0.2) is 0 Å². The number of hydrogen-bond acceptors (Lipinski definition) is 5. The van der Waals surface area contributed by atoms with Gasteiger partial charge in [0.25, 0.3) is 0 Å². The van der Waals surface area contributed by atoms with Gasteiger partial charge in [0.2, 0.25) is 11.8 Å². The Morgan fingerprint density at radius 3 is 2.75 bits per heavy atom. The quantitative estimate of drug-likeness (QED) is 0.736. The van der Waals surface area contributed by atoms with Crippen LogP contribution < -0.4 is 10.1 Å². The van der Waals surface area contributed by atoms with E-state index < -0.39 is 0 Å². The minimum Gasteiger partial charge on any atom is -0.497 e. The Hall–Kier alpha value is -2.38. The number of thiophene rings is 1. The van der Waals surface area contributed by atoms with Gasteiger partial charge >= 0.3 is 0 Å². The summed E-state index contributed by atoms with van der Waals surface area (Å²) in [7, 11) is 1.64. The number of benzene rings is 1. The molecule has 1 aromatic carbocycles. The van der Waals surface area contributed by atoms with Crippen LogP contribution in [-0.2, 0) is 22.6 Å². The number of carbonyl (C=O) groups excluding carboxylic acids is 2. The highest BCUT2D eigenvalue weighted by molar-refractivity contribution is 7.09. The molecule has 1 aliphatic heterocycles. The van der Waals surface area contributed by atoms with E-state index in [1.165, 1.54) is 4.88 Å². The van der Waals surface area contributed by atoms with E-state index in [1.54, 1.807) is 18.4 Å². The first-order valence-corrected chi connectivity index (χ1v) is 10.4. The molecule has 0 unspecified atom stereocenters. The Bertz CT molecular complexity index is 777. The Balaban J connectivity index is 1.71. The summed E-state index contributed by atoms with van der Waals surface area (Å²) in [5, 5.41) is 4.86. The normalized spacial score (nSPS) is 15.7. The van der Waals surface area contributed by atoms with Crippen molar-refractivity contribution in [3.05, 3.63) is 52.2 Å². The molecular weight excluding hydrogens is 374 g/mol. The van der Waals surface area contributed by atoms with Crippen LogP contribution in [0.4, 0.5) is 0 Å². The summed E-state index contributed by atoms with van der Waals surface area (Å²) < 4.78 is 5.23. The zero-order chi connectivity index (χ0) is 19.9. The van der Waals surface area contributed by atoms with Crippen LogP contribution in [0.1, 0.15) is 17.4 Å². The number of methoxy groups -OCH3 is 1. The van der Waals surface area contributed by atoms with Crippen molar-refractivity contribution in [2.24, 2.45) is 0 Å². The maximum atomic E-state index is 13.1. The molecule has 2 aromatic rings. The van der Waals surface area contributed by atoms with Gasteiger partial charge in [-0.05, 0) is 36.1 Å². The molecule has 1 aromatic heterocycles. The van der Waals surface area contributed by atoms with Crippen molar-refractivity contribution in [3.8, 4) is 5.75 Å². The Morgan fingerprint density at radius 2 is 2.11 bits per heavy atom. The summed E-state index contributed by atoms with van der Waals surface area (Å²) in [5.74, 6) is 0.828. The van der Waals surface area contributed by atoms with E-state index in [-0.39, 0.29) is 30.9 Å². The van der Waals surface area contributed by atoms with Crippen LogP contribution in [-0.4, -0.2) is 60.9 Å². The van der Waals surface area contributed by atoms with Crippen molar-refractivity contribution in [1.82, 2.24) is 15.1 Å². The van der Waals surface area contributed by atoms with Gasteiger partial charge in [-0.1, -0.05) is 18.2 Å². The number of ether oxygens (including phenoxy) is 1. The van der Waals surface area contributed by atoms with E-state index in [1.807, 2.05) is 40.1 Å². The SMILES string of the molecule is COc1ccc(CN(C(=O)CN2CCNC(=O)C2)[C@H](C)Cc2cccs2)cc1. The first-order valence-electron chi connectivity index (χ1n) is 9.49. The Kier molecular flexibility index (Phi) is 7.06. The maximum absolute atomic E-state index is 13.1. The van der Waals surface area contributed by atoms with Crippen LogP contribution in [0.2, 0.25) is 0 Å². The molecule has 1 fully saturated rings. The van der Waals surface area contributed by atoms with E-state index in [9.17, 15) is 9.59 Å².